The van der Waals surface area contributed by atoms with Crippen molar-refractivity contribution in [3.63, 3.8) is 0 Å². The Morgan fingerprint density at radius 1 is 1.48 bits per heavy atom. The summed E-state index contributed by atoms with van der Waals surface area (Å²) in [4.78, 5) is 20.0. The number of likely N-dealkylation sites (tertiary alicyclic amines) is 1. The van der Waals surface area contributed by atoms with Gasteiger partial charge in [-0.3, -0.25) is 4.79 Å². The molecule has 1 aromatic heterocycles. The van der Waals surface area contributed by atoms with Gasteiger partial charge in [-0.15, -0.1) is 11.3 Å². The Labute approximate surface area is 142 Å². The van der Waals surface area contributed by atoms with Crippen LogP contribution in [0.15, 0.2) is 0 Å². The minimum Gasteiger partial charge on any atom is -0.377 e. The number of hydrogen-bond donors (Lipinski definition) is 0. The normalized spacial score (nSPS) is 27.3. The van der Waals surface area contributed by atoms with Crippen molar-refractivity contribution >= 4 is 17.2 Å². The molecule has 1 aromatic rings. The smallest absolute Gasteiger partial charge is 0.248 e. The molecule has 3 atom stereocenters. The maximum absolute atomic E-state index is 12.1. The van der Waals surface area contributed by atoms with E-state index in [0.717, 1.165) is 38.2 Å². The third kappa shape index (κ3) is 3.75. The lowest BCUT2D eigenvalue weighted by atomic mass is 9.83. The second-order valence-electron chi connectivity index (χ2n) is 6.51. The quantitative estimate of drug-likeness (QED) is 0.826. The van der Waals surface area contributed by atoms with E-state index in [4.69, 9.17) is 9.47 Å². The van der Waals surface area contributed by atoms with Crippen LogP contribution in [0.1, 0.15) is 28.9 Å². The van der Waals surface area contributed by atoms with Gasteiger partial charge < -0.3 is 14.4 Å². The zero-order valence-corrected chi connectivity index (χ0v) is 15.0. The first kappa shape index (κ1) is 16.9. The van der Waals surface area contributed by atoms with Crippen molar-refractivity contribution in [3.8, 4) is 0 Å². The minimum absolute atomic E-state index is 0.111. The summed E-state index contributed by atoms with van der Waals surface area (Å²) >= 11 is 1.78. The van der Waals surface area contributed by atoms with Crippen LogP contribution >= 0.6 is 11.3 Å². The fourth-order valence-corrected chi connectivity index (χ4v) is 4.58. The monoisotopic (exact) mass is 338 g/mol. The van der Waals surface area contributed by atoms with Gasteiger partial charge in [0.25, 0.3) is 0 Å². The van der Waals surface area contributed by atoms with Crippen molar-refractivity contribution in [1.82, 2.24) is 9.88 Å². The summed E-state index contributed by atoms with van der Waals surface area (Å²) in [7, 11) is 0. The zero-order valence-electron chi connectivity index (χ0n) is 14.2. The van der Waals surface area contributed by atoms with Gasteiger partial charge in [0.05, 0.1) is 23.4 Å². The third-order valence-corrected chi connectivity index (χ3v) is 6.12. The van der Waals surface area contributed by atoms with Crippen LogP contribution in [0, 0.1) is 25.7 Å². The molecule has 0 N–H and O–H groups in total. The first-order valence-corrected chi connectivity index (χ1v) is 9.30. The number of hydrogen-bond acceptors (Lipinski definition) is 5. The standard InChI is InChI=1S/C17H26N2O3S/c1-4-21-10-17(20)19-6-5-14-13(8-19)9-22-15(14)7-16-18-11(2)12(3)23-16/h13-15H,4-10H2,1-3H3/t13-,14-,15+/m0/s1. The van der Waals surface area contributed by atoms with E-state index in [1.165, 1.54) is 9.88 Å². The number of carbonyl (C=O) groups is 1. The van der Waals surface area contributed by atoms with Crippen molar-refractivity contribution in [2.24, 2.45) is 11.8 Å². The van der Waals surface area contributed by atoms with Gasteiger partial charge in [-0.1, -0.05) is 0 Å². The Balaban J connectivity index is 1.56. The van der Waals surface area contributed by atoms with E-state index in [1.54, 1.807) is 11.3 Å². The lowest BCUT2D eigenvalue weighted by Gasteiger charge is -2.35. The molecule has 0 unspecified atom stereocenters. The van der Waals surface area contributed by atoms with Crippen LogP contribution in [0.5, 0.6) is 0 Å². The fraction of sp³-hybridized carbons (Fsp3) is 0.765. The molecular weight excluding hydrogens is 312 g/mol. The van der Waals surface area contributed by atoms with Gasteiger partial charge in [0, 0.05) is 36.9 Å². The molecule has 0 radical (unpaired) electrons. The topological polar surface area (TPSA) is 51.7 Å². The number of nitrogens with zero attached hydrogens (tertiary/aromatic N) is 2. The van der Waals surface area contributed by atoms with Crippen LogP contribution in [-0.2, 0) is 20.7 Å². The Morgan fingerprint density at radius 3 is 3.00 bits per heavy atom. The second-order valence-corrected chi connectivity index (χ2v) is 7.80. The maximum atomic E-state index is 12.1. The third-order valence-electron chi connectivity index (χ3n) is 5.03. The van der Waals surface area contributed by atoms with Crippen LogP contribution in [0.25, 0.3) is 0 Å². The Kier molecular flexibility index (Phi) is 5.34. The van der Waals surface area contributed by atoms with Gasteiger partial charge in [-0.25, -0.2) is 4.98 Å². The SMILES string of the molecule is CCOCC(=O)N1CC[C@H]2[C@H](CO[C@@H]2Cc2nc(C)c(C)s2)C1. The Bertz CT molecular complexity index is 541. The average molecular weight is 338 g/mol. The van der Waals surface area contributed by atoms with Crippen LogP contribution in [-0.4, -0.2) is 54.8 Å². The molecule has 6 heteroatoms. The largest absolute Gasteiger partial charge is 0.377 e. The molecule has 1 amide bonds. The number of piperidine rings is 1. The molecule has 2 saturated heterocycles. The van der Waals surface area contributed by atoms with Gasteiger partial charge in [-0.2, -0.15) is 0 Å². The maximum Gasteiger partial charge on any atom is 0.248 e. The summed E-state index contributed by atoms with van der Waals surface area (Å²) in [6, 6.07) is 0. The fourth-order valence-electron chi connectivity index (χ4n) is 3.60. The van der Waals surface area contributed by atoms with Gasteiger partial charge in [0.2, 0.25) is 5.91 Å². The lowest BCUT2D eigenvalue weighted by molar-refractivity contribution is -0.138. The Hall–Kier alpha value is -0.980. The van der Waals surface area contributed by atoms with Crippen molar-refractivity contribution in [3.05, 3.63) is 15.6 Å². The van der Waals surface area contributed by atoms with Crippen LogP contribution in [0.3, 0.4) is 0 Å². The van der Waals surface area contributed by atoms with Gasteiger partial charge >= 0.3 is 0 Å². The summed E-state index contributed by atoms with van der Waals surface area (Å²) in [5.74, 6) is 1.12. The molecule has 23 heavy (non-hydrogen) atoms. The van der Waals surface area contributed by atoms with E-state index in [2.05, 4.69) is 18.8 Å². The molecule has 2 fully saturated rings. The summed E-state index contributed by atoms with van der Waals surface area (Å²) in [5.41, 5.74) is 1.14. The van der Waals surface area contributed by atoms with E-state index in [1.807, 2.05) is 11.8 Å². The number of aryl methyl sites for hydroxylation is 2. The van der Waals surface area contributed by atoms with Crippen molar-refractivity contribution < 1.29 is 14.3 Å². The number of amides is 1. The van der Waals surface area contributed by atoms with Gasteiger partial charge in [-0.05, 0) is 33.1 Å². The minimum atomic E-state index is 0.111. The number of aromatic nitrogens is 1. The number of fused-ring (bicyclic) bond motifs is 1. The number of carbonyl (C=O) groups excluding carboxylic acids is 1. The first-order chi connectivity index (χ1) is 11.1. The lowest BCUT2D eigenvalue weighted by Crippen LogP contribution is -2.46. The van der Waals surface area contributed by atoms with Gasteiger partial charge in [0.1, 0.15) is 6.61 Å². The summed E-state index contributed by atoms with van der Waals surface area (Å²) in [6.07, 6.45) is 2.19. The van der Waals surface area contributed by atoms with E-state index in [-0.39, 0.29) is 18.6 Å². The Morgan fingerprint density at radius 2 is 2.30 bits per heavy atom. The van der Waals surface area contributed by atoms with E-state index in [0.29, 0.717) is 18.4 Å². The molecule has 0 bridgehead atoms. The van der Waals surface area contributed by atoms with Crippen molar-refractivity contribution in [2.75, 3.05) is 32.9 Å². The van der Waals surface area contributed by atoms with E-state index in [9.17, 15) is 4.79 Å². The second kappa shape index (κ2) is 7.28. The molecule has 0 saturated carbocycles. The highest BCUT2D eigenvalue weighted by molar-refractivity contribution is 7.11. The van der Waals surface area contributed by atoms with E-state index >= 15 is 0 Å². The number of ether oxygens (including phenoxy) is 2. The molecule has 128 valence electrons. The molecule has 5 nitrogen and oxygen atoms in total. The summed E-state index contributed by atoms with van der Waals surface area (Å²) < 4.78 is 11.3. The average Bonchev–Trinajstić information content (AvgIpc) is 3.08. The highest BCUT2D eigenvalue weighted by Crippen LogP contribution is 2.36. The molecule has 0 aromatic carbocycles. The van der Waals surface area contributed by atoms with Crippen LogP contribution in [0.4, 0.5) is 0 Å². The zero-order chi connectivity index (χ0) is 16.4. The highest BCUT2D eigenvalue weighted by atomic mass is 32.1. The predicted octanol–water partition coefficient (Wildman–Crippen LogP) is 2.20. The molecule has 2 aliphatic rings. The van der Waals surface area contributed by atoms with Gasteiger partial charge in [0.15, 0.2) is 0 Å². The first-order valence-electron chi connectivity index (χ1n) is 8.48. The molecule has 0 aliphatic carbocycles. The summed E-state index contributed by atoms with van der Waals surface area (Å²) in [5, 5.41) is 1.18. The predicted molar refractivity (Wildman–Crippen MR) is 89.7 cm³/mol. The molecule has 0 spiro atoms. The summed E-state index contributed by atoms with van der Waals surface area (Å²) in [6.45, 7) is 9.28. The van der Waals surface area contributed by atoms with E-state index < -0.39 is 0 Å². The number of thiazole rings is 1. The molecule has 3 rings (SSSR count). The van der Waals surface area contributed by atoms with Crippen molar-refractivity contribution in [1.29, 1.82) is 0 Å². The molecule has 2 aliphatic heterocycles. The molecule has 3 heterocycles. The van der Waals surface area contributed by atoms with Crippen molar-refractivity contribution in [2.45, 2.75) is 39.7 Å². The highest BCUT2D eigenvalue weighted by Gasteiger charge is 2.42. The van der Waals surface area contributed by atoms with Crippen LogP contribution in [0.2, 0.25) is 0 Å². The number of rotatable bonds is 5. The molecular formula is C17H26N2O3S. The van der Waals surface area contributed by atoms with Crippen LogP contribution < -0.4 is 0 Å².